The number of nitrogen functional groups attached to an aromatic ring is 1. The van der Waals surface area contributed by atoms with Crippen LogP contribution in [0.25, 0.3) is 0 Å². The van der Waals surface area contributed by atoms with Gasteiger partial charge in [-0.1, -0.05) is 32.0 Å². The molecule has 0 unspecified atom stereocenters. The van der Waals surface area contributed by atoms with Gasteiger partial charge in [0.2, 0.25) is 11.8 Å². The van der Waals surface area contributed by atoms with Crippen LogP contribution in [0.15, 0.2) is 22.7 Å². The highest BCUT2D eigenvalue weighted by Gasteiger charge is 2.20. The van der Waals surface area contributed by atoms with E-state index in [-0.39, 0.29) is 23.7 Å². The summed E-state index contributed by atoms with van der Waals surface area (Å²) < 4.78 is 5.22. The van der Waals surface area contributed by atoms with E-state index in [2.05, 4.69) is 15.5 Å². The Bertz CT molecular complexity index is 692. The van der Waals surface area contributed by atoms with Gasteiger partial charge < -0.3 is 15.6 Å². The third-order valence-electron chi connectivity index (χ3n) is 3.47. The van der Waals surface area contributed by atoms with Crippen LogP contribution in [0.4, 0.5) is 11.4 Å². The number of nitrogens with two attached hydrogens (primary N) is 1. The number of aromatic nitrogens is 2. The molecule has 0 fully saturated rings. The highest BCUT2D eigenvalue weighted by Crippen LogP contribution is 2.20. The summed E-state index contributed by atoms with van der Waals surface area (Å²) in [6, 6.07) is 5.46. The van der Waals surface area contributed by atoms with Crippen molar-refractivity contribution in [3.8, 4) is 0 Å². The molecule has 0 aliphatic carbocycles. The molecule has 0 aliphatic heterocycles. The molecule has 132 valence electrons. The number of aryl methyl sites for hydroxylation is 2. The summed E-state index contributed by atoms with van der Waals surface area (Å²) >= 11 is 0. The maximum atomic E-state index is 12.0. The molecule has 6 nitrogen and oxygen atoms in total. The molecule has 24 heavy (non-hydrogen) atoms. The van der Waals surface area contributed by atoms with Gasteiger partial charge in [-0.05, 0) is 31.0 Å². The first-order chi connectivity index (χ1) is 10.8. The van der Waals surface area contributed by atoms with E-state index in [0.717, 1.165) is 11.3 Å². The number of nitrogens with one attached hydrogen (secondary N) is 1. The summed E-state index contributed by atoms with van der Waals surface area (Å²) in [5, 5.41) is 6.85. The van der Waals surface area contributed by atoms with E-state index in [9.17, 15) is 4.79 Å². The summed E-state index contributed by atoms with van der Waals surface area (Å²) in [4.78, 5) is 16.4. The molecule has 1 aromatic carbocycles. The van der Waals surface area contributed by atoms with Gasteiger partial charge in [0.05, 0.1) is 0 Å². The number of carbonyl (C=O) groups is 1. The first-order valence-electron chi connectivity index (χ1n) is 7.75. The van der Waals surface area contributed by atoms with Crippen LogP contribution in [0.1, 0.15) is 50.9 Å². The van der Waals surface area contributed by atoms with Crippen molar-refractivity contribution in [2.45, 2.75) is 52.4 Å². The number of amides is 1. The third kappa shape index (κ3) is 5.53. The molecule has 1 amide bonds. The molecule has 7 heteroatoms. The minimum absolute atomic E-state index is 0. The second kappa shape index (κ2) is 8.15. The molecule has 2 rings (SSSR count). The highest BCUT2D eigenvalue weighted by atomic mass is 35.5. The van der Waals surface area contributed by atoms with Crippen molar-refractivity contribution in [1.82, 2.24) is 10.1 Å². The highest BCUT2D eigenvalue weighted by molar-refractivity contribution is 5.92. The van der Waals surface area contributed by atoms with Gasteiger partial charge in [-0.15, -0.1) is 12.4 Å². The molecule has 3 N–H and O–H groups in total. The first kappa shape index (κ1) is 20.0. The summed E-state index contributed by atoms with van der Waals surface area (Å²) in [7, 11) is 0. The lowest BCUT2D eigenvalue weighted by molar-refractivity contribution is -0.116. The van der Waals surface area contributed by atoms with Gasteiger partial charge in [0.25, 0.3) is 0 Å². The van der Waals surface area contributed by atoms with Gasteiger partial charge in [-0.2, -0.15) is 4.98 Å². The molecule has 0 saturated carbocycles. The van der Waals surface area contributed by atoms with Crippen LogP contribution in [-0.4, -0.2) is 16.0 Å². The summed E-state index contributed by atoms with van der Waals surface area (Å²) in [5.74, 6) is 1.21. The number of nitrogens with zero attached hydrogens (tertiary/aromatic N) is 2. The SMILES string of the molecule is Cc1ccc(N)cc1NC(=O)CCCc1nc(C(C)(C)C)no1.Cl. The van der Waals surface area contributed by atoms with Crippen LogP contribution in [0.5, 0.6) is 0 Å². The van der Waals surface area contributed by atoms with Crippen LogP contribution in [0.2, 0.25) is 0 Å². The molecule has 0 bridgehead atoms. The summed E-state index contributed by atoms with van der Waals surface area (Å²) in [5.41, 5.74) is 7.97. The first-order valence-corrected chi connectivity index (χ1v) is 7.75. The molecule has 1 heterocycles. The van der Waals surface area contributed by atoms with Crippen LogP contribution in [-0.2, 0) is 16.6 Å². The smallest absolute Gasteiger partial charge is 0.226 e. The Morgan fingerprint density at radius 2 is 2.04 bits per heavy atom. The summed E-state index contributed by atoms with van der Waals surface area (Å²) in [6.45, 7) is 8.02. The number of benzene rings is 1. The zero-order valence-corrected chi connectivity index (χ0v) is 15.4. The van der Waals surface area contributed by atoms with Crippen LogP contribution >= 0.6 is 12.4 Å². The average molecular weight is 353 g/mol. The fourth-order valence-electron chi connectivity index (χ4n) is 2.05. The van der Waals surface area contributed by atoms with Gasteiger partial charge in [0.1, 0.15) is 0 Å². The predicted octanol–water partition coefficient (Wildman–Crippen LogP) is 3.64. The number of hydrogen-bond donors (Lipinski definition) is 2. The topological polar surface area (TPSA) is 94.0 Å². The third-order valence-corrected chi connectivity index (χ3v) is 3.47. The number of anilines is 2. The van der Waals surface area contributed by atoms with Crippen molar-refractivity contribution in [2.24, 2.45) is 0 Å². The largest absolute Gasteiger partial charge is 0.399 e. The fourth-order valence-corrected chi connectivity index (χ4v) is 2.05. The number of halogens is 1. The van der Waals surface area contributed by atoms with Crippen molar-refractivity contribution in [1.29, 1.82) is 0 Å². The second-order valence-corrected chi connectivity index (χ2v) is 6.74. The van der Waals surface area contributed by atoms with Crippen molar-refractivity contribution in [3.63, 3.8) is 0 Å². The van der Waals surface area contributed by atoms with Crippen LogP contribution in [0.3, 0.4) is 0 Å². The Kier molecular flexibility index (Phi) is 6.78. The van der Waals surface area contributed by atoms with Gasteiger partial charge >= 0.3 is 0 Å². The standard InChI is InChI=1S/C17H24N4O2.ClH/c1-11-8-9-12(18)10-13(11)19-14(22)6-5-7-15-20-16(21-23-15)17(2,3)4;/h8-10H,5-7,18H2,1-4H3,(H,19,22);1H. The molecule has 0 aliphatic rings. The molecule has 0 spiro atoms. The Labute approximate surface area is 148 Å². The lowest BCUT2D eigenvalue weighted by Gasteiger charge is -2.10. The van der Waals surface area contributed by atoms with E-state index in [1.54, 1.807) is 6.07 Å². The van der Waals surface area contributed by atoms with Crippen molar-refractivity contribution >= 4 is 29.7 Å². The molecule has 0 radical (unpaired) electrons. The zero-order valence-electron chi connectivity index (χ0n) is 14.5. The monoisotopic (exact) mass is 352 g/mol. The average Bonchev–Trinajstić information content (AvgIpc) is 2.92. The molecule has 0 saturated heterocycles. The van der Waals surface area contributed by atoms with Gasteiger partial charge in [0, 0.05) is 29.6 Å². The van der Waals surface area contributed by atoms with Gasteiger partial charge in [0.15, 0.2) is 5.82 Å². The normalized spacial score (nSPS) is 11.0. The maximum absolute atomic E-state index is 12.0. The predicted molar refractivity (Wildman–Crippen MR) is 97.4 cm³/mol. The van der Waals surface area contributed by atoms with Crippen molar-refractivity contribution < 1.29 is 9.32 Å². The van der Waals surface area contributed by atoms with Gasteiger partial charge in [-0.25, -0.2) is 0 Å². The molecular weight excluding hydrogens is 328 g/mol. The van der Waals surface area contributed by atoms with E-state index in [1.165, 1.54) is 0 Å². The number of carbonyl (C=O) groups excluding carboxylic acids is 1. The van der Waals surface area contributed by atoms with Crippen LogP contribution in [0, 0.1) is 6.92 Å². The van der Waals surface area contributed by atoms with Gasteiger partial charge in [-0.3, -0.25) is 4.79 Å². The zero-order chi connectivity index (χ0) is 17.0. The van der Waals surface area contributed by atoms with E-state index in [4.69, 9.17) is 10.3 Å². The quantitative estimate of drug-likeness (QED) is 0.801. The Morgan fingerprint density at radius 3 is 2.67 bits per heavy atom. The van der Waals surface area contributed by atoms with E-state index >= 15 is 0 Å². The van der Waals surface area contributed by atoms with E-state index < -0.39 is 0 Å². The summed E-state index contributed by atoms with van der Waals surface area (Å²) in [6.07, 6.45) is 1.63. The Morgan fingerprint density at radius 1 is 1.33 bits per heavy atom. The lowest BCUT2D eigenvalue weighted by atomic mass is 9.96. The maximum Gasteiger partial charge on any atom is 0.226 e. The second-order valence-electron chi connectivity index (χ2n) is 6.74. The van der Waals surface area contributed by atoms with E-state index in [0.29, 0.717) is 36.7 Å². The van der Waals surface area contributed by atoms with Crippen molar-refractivity contribution in [3.05, 3.63) is 35.5 Å². The molecule has 2 aromatic rings. The molecular formula is C17H25ClN4O2. The van der Waals surface area contributed by atoms with Crippen LogP contribution < -0.4 is 11.1 Å². The molecule has 0 atom stereocenters. The Balaban J connectivity index is 0.00000288. The van der Waals surface area contributed by atoms with E-state index in [1.807, 2.05) is 39.8 Å². The number of hydrogen-bond acceptors (Lipinski definition) is 5. The minimum Gasteiger partial charge on any atom is -0.399 e. The molecule has 1 aromatic heterocycles. The lowest BCUT2D eigenvalue weighted by Crippen LogP contribution is -2.13. The fraction of sp³-hybridized carbons (Fsp3) is 0.471. The van der Waals surface area contributed by atoms with Crippen molar-refractivity contribution in [2.75, 3.05) is 11.1 Å². The minimum atomic E-state index is -0.135. The Hall–Kier alpha value is -2.08. The number of rotatable bonds is 5.